The van der Waals surface area contributed by atoms with Crippen LogP contribution in [0.3, 0.4) is 0 Å². The lowest BCUT2D eigenvalue weighted by Gasteiger charge is -2.30. The SMILES string of the molecule is CN1CCC(CNC(=O)C2Cc3ccccc3CN2)CC1. The molecule has 0 aliphatic carbocycles. The number of nitrogens with zero attached hydrogens (tertiary/aromatic N) is 1. The van der Waals surface area contributed by atoms with E-state index in [1.54, 1.807) is 0 Å². The number of nitrogens with one attached hydrogen (secondary N) is 2. The van der Waals surface area contributed by atoms with Crippen LogP contribution >= 0.6 is 0 Å². The molecule has 1 aromatic rings. The van der Waals surface area contributed by atoms with Crippen LogP contribution in [0.2, 0.25) is 0 Å². The van der Waals surface area contributed by atoms with Gasteiger partial charge >= 0.3 is 0 Å². The number of rotatable bonds is 3. The van der Waals surface area contributed by atoms with Gasteiger partial charge < -0.3 is 15.5 Å². The fourth-order valence-electron chi connectivity index (χ4n) is 3.27. The molecule has 0 spiro atoms. The first-order chi connectivity index (χ1) is 10.2. The van der Waals surface area contributed by atoms with Gasteiger partial charge in [-0.25, -0.2) is 0 Å². The first kappa shape index (κ1) is 14.5. The molecule has 2 aliphatic rings. The molecule has 1 saturated heterocycles. The number of likely N-dealkylation sites (tertiary alicyclic amines) is 1. The van der Waals surface area contributed by atoms with Gasteiger partial charge in [0.25, 0.3) is 0 Å². The van der Waals surface area contributed by atoms with Crippen molar-refractivity contribution in [1.29, 1.82) is 0 Å². The second-order valence-electron chi connectivity index (χ2n) is 6.40. The van der Waals surface area contributed by atoms with E-state index in [2.05, 4.69) is 46.8 Å². The zero-order valence-electron chi connectivity index (χ0n) is 12.8. The van der Waals surface area contributed by atoms with Gasteiger partial charge in [0.2, 0.25) is 5.91 Å². The predicted octanol–water partition coefficient (Wildman–Crippen LogP) is 1.16. The van der Waals surface area contributed by atoms with E-state index in [-0.39, 0.29) is 11.9 Å². The summed E-state index contributed by atoms with van der Waals surface area (Å²) < 4.78 is 0. The van der Waals surface area contributed by atoms with Crippen LogP contribution in [0.5, 0.6) is 0 Å². The van der Waals surface area contributed by atoms with Crippen LogP contribution in [0.1, 0.15) is 24.0 Å². The van der Waals surface area contributed by atoms with Crippen molar-refractivity contribution in [2.24, 2.45) is 5.92 Å². The molecule has 1 amide bonds. The Hall–Kier alpha value is -1.39. The van der Waals surface area contributed by atoms with E-state index in [4.69, 9.17) is 0 Å². The predicted molar refractivity (Wildman–Crippen MR) is 84.0 cm³/mol. The van der Waals surface area contributed by atoms with Gasteiger partial charge in [-0.3, -0.25) is 4.79 Å². The minimum absolute atomic E-state index is 0.0776. The van der Waals surface area contributed by atoms with Crippen LogP contribution in [-0.4, -0.2) is 43.5 Å². The summed E-state index contributed by atoms with van der Waals surface area (Å²) in [5.74, 6) is 0.796. The Labute approximate surface area is 126 Å². The van der Waals surface area contributed by atoms with Crippen molar-refractivity contribution in [3.05, 3.63) is 35.4 Å². The van der Waals surface area contributed by atoms with Gasteiger partial charge in [-0.2, -0.15) is 0 Å². The normalized spacial score (nSPS) is 23.6. The minimum Gasteiger partial charge on any atom is -0.354 e. The molecule has 2 N–H and O–H groups in total. The molecule has 21 heavy (non-hydrogen) atoms. The molecular weight excluding hydrogens is 262 g/mol. The topological polar surface area (TPSA) is 44.4 Å². The van der Waals surface area contributed by atoms with Crippen LogP contribution < -0.4 is 10.6 Å². The van der Waals surface area contributed by atoms with Crippen LogP contribution in [0.4, 0.5) is 0 Å². The second-order valence-corrected chi connectivity index (χ2v) is 6.40. The monoisotopic (exact) mass is 287 g/mol. The lowest BCUT2D eigenvalue weighted by molar-refractivity contribution is -0.123. The zero-order valence-corrected chi connectivity index (χ0v) is 12.8. The summed E-state index contributed by atoms with van der Waals surface area (Å²) in [7, 11) is 2.16. The number of carbonyl (C=O) groups is 1. The fourth-order valence-corrected chi connectivity index (χ4v) is 3.27. The Morgan fingerprint density at radius 1 is 1.29 bits per heavy atom. The fraction of sp³-hybridized carbons (Fsp3) is 0.588. The molecule has 0 aromatic heterocycles. The first-order valence-electron chi connectivity index (χ1n) is 7.99. The van der Waals surface area contributed by atoms with Crippen molar-refractivity contribution in [2.45, 2.75) is 31.8 Å². The highest BCUT2D eigenvalue weighted by Gasteiger charge is 2.24. The summed E-state index contributed by atoms with van der Waals surface area (Å²) in [5, 5.41) is 6.50. The summed E-state index contributed by atoms with van der Waals surface area (Å²) in [6.07, 6.45) is 3.19. The highest BCUT2D eigenvalue weighted by molar-refractivity contribution is 5.82. The standard InChI is InChI=1S/C17H25N3O/c1-20-8-6-13(7-9-20)11-19-17(21)16-10-14-4-2-3-5-15(14)12-18-16/h2-5,13,16,18H,6-12H2,1H3,(H,19,21). The number of piperidine rings is 1. The molecule has 0 saturated carbocycles. The molecular formula is C17H25N3O. The van der Waals surface area contributed by atoms with Gasteiger partial charge in [-0.1, -0.05) is 24.3 Å². The third kappa shape index (κ3) is 3.63. The van der Waals surface area contributed by atoms with E-state index >= 15 is 0 Å². The van der Waals surface area contributed by atoms with Gasteiger partial charge in [0.05, 0.1) is 6.04 Å². The van der Waals surface area contributed by atoms with Gasteiger partial charge in [0.15, 0.2) is 0 Å². The summed E-state index contributed by atoms with van der Waals surface area (Å²) in [6, 6.07) is 8.30. The molecule has 2 heterocycles. The maximum atomic E-state index is 12.3. The summed E-state index contributed by atoms with van der Waals surface area (Å²) in [6.45, 7) is 3.92. The number of amides is 1. The maximum Gasteiger partial charge on any atom is 0.237 e. The molecule has 0 radical (unpaired) electrons. The van der Waals surface area contributed by atoms with Gasteiger partial charge in [0, 0.05) is 13.1 Å². The van der Waals surface area contributed by atoms with Crippen LogP contribution in [-0.2, 0) is 17.8 Å². The smallest absolute Gasteiger partial charge is 0.237 e. The Morgan fingerprint density at radius 2 is 2.00 bits per heavy atom. The van der Waals surface area contributed by atoms with Crippen molar-refractivity contribution < 1.29 is 4.79 Å². The summed E-state index contributed by atoms with van der Waals surface area (Å²) >= 11 is 0. The Bertz CT molecular complexity index is 495. The molecule has 1 unspecified atom stereocenters. The molecule has 1 fully saturated rings. The van der Waals surface area contributed by atoms with E-state index in [1.807, 2.05) is 0 Å². The van der Waals surface area contributed by atoms with Crippen LogP contribution in [0.15, 0.2) is 24.3 Å². The molecule has 0 bridgehead atoms. The highest BCUT2D eigenvalue weighted by Crippen LogP contribution is 2.17. The Morgan fingerprint density at radius 3 is 2.76 bits per heavy atom. The third-order valence-electron chi connectivity index (χ3n) is 4.80. The number of benzene rings is 1. The van der Waals surface area contributed by atoms with Crippen LogP contribution in [0, 0.1) is 5.92 Å². The zero-order chi connectivity index (χ0) is 14.7. The van der Waals surface area contributed by atoms with E-state index < -0.39 is 0 Å². The lowest BCUT2D eigenvalue weighted by atomic mass is 9.94. The van der Waals surface area contributed by atoms with Gasteiger partial charge in [0.1, 0.15) is 0 Å². The molecule has 1 aromatic carbocycles. The number of hydrogen-bond acceptors (Lipinski definition) is 3. The van der Waals surface area contributed by atoms with E-state index in [1.165, 1.54) is 24.0 Å². The van der Waals surface area contributed by atoms with E-state index in [0.29, 0.717) is 5.92 Å². The summed E-state index contributed by atoms with van der Waals surface area (Å²) in [5.41, 5.74) is 2.62. The van der Waals surface area contributed by atoms with E-state index in [0.717, 1.165) is 32.6 Å². The molecule has 4 heteroatoms. The average molecular weight is 287 g/mol. The number of fused-ring (bicyclic) bond motifs is 1. The average Bonchev–Trinajstić information content (AvgIpc) is 2.53. The molecule has 114 valence electrons. The molecule has 4 nitrogen and oxygen atoms in total. The van der Waals surface area contributed by atoms with Crippen molar-refractivity contribution in [1.82, 2.24) is 15.5 Å². The van der Waals surface area contributed by atoms with Crippen molar-refractivity contribution in [2.75, 3.05) is 26.7 Å². The second kappa shape index (κ2) is 6.58. The number of hydrogen-bond donors (Lipinski definition) is 2. The Kier molecular flexibility index (Phi) is 4.56. The van der Waals surface area contributed by atoms with Crippen molar-refractivity contribution in [3.63, 3.8) is 0 Å². The van der Waals surface area contributed by atoms with E-state index in [9.17, 15) is 4.79 Å². The Balaban J connectivity index is 1.48. The van der Waals surface area contributed by atoms with Crippen LogP contribution in [0.25, 0.3) is 0 Å². The first-order valence-corrected chi connectivity index (χ1v) is 7.99. The molecule has 2 aliphatic heterocycles. The highest BCUT2D eigenvalue weighted by atomic mass is 16.2. The largest absolute Gasteiger partial charge is 0.354 e. The number of carbonyl (C=O) groups excluding carboxylic acids is 1. The lowest BCUT2D eigenvalue weighted by Crippen LogP contribution is -2.49. The van der Waals surface area contributed by atoms with Crippen molar-refractivity contribution in [3.8, 4) is 0 Å². The molecule has 1 atom stereocenters. The maximum absolute atomic E-state index is 12.3. The summed E-state index contributed by atoms with van der Waals surface area (Å²) in [4.78, 5) is 14.7. The van der Waals surface area contributed by atoms with Gasteiger partial charge in [-0.15, -0.1) is 0 Å². The quantitative estimate of drug-likeness (QED) is 0.877. The third-order valence-corrected chi connectivity index (χ3v) is 4.80. The molecule has 3 rings (SSSR count). The minimum atomic E-state index is -0.0776. The van der Waals surface area contributed by atoms with Crippen molar-refractivity contribution >= 4 is 5.91 Å². The van der Waals surface area contributed by atoms with Gasteiger partial charge in [-0.05, 0) is 56.4 Å².